The average molecular weight is 293 g/mol. The number of rotatable bonds is 4. The Morgan fingerprint density at radius 1 is 1.60 bits per heavy atom. The van der Waals surface area contributed by atoms with Crippen LogP contribution in [-0.4, -0.2) is 41.6 Å². The number of hydrogen-bond donors (Lipinski definition) is 1. The maximum Gasteiger partial charge on any atom is 0.247 e. The van der Waals surface area contributed by atoms with Crippen molar-refractivity contribution in [1.29, 1.82) is 0 Å². The highest BCUT2D eigenvalue weighted by Gasteiger charge is 2.25. The second-order valence-electron chi connectivity index (χ2n) is 4.59. The third kappa shape index (κ3) is 2.90. The molecule has 0 saturated carbocycles. The van der Waals surface area contributed by atoms with Crippen molar-refractivity contribution in [1.82, 2.24) is 9.88 Å². The number of morpholine rings is 1. The lowest BCUT2D eigenvalue weighted by Gasteiger charge is -2.30. The molecule has 7 heteroatoms. The van der Waals surface area contributed by atoms with Crippen LogP contribution in [-0.2, 0) is 16.1 Å². The molecule has 6 nitrogen and oxygen atoms in total. The summed E-state index contributed by atoms with van der Waals surface area (Å²) in [6.07, 6.45) is 1.18. The second-order valence-corrected chi connectivity index (χ2v) is 5.54. The molecule has 1 saturated heterocycles. The third-order valence-electron chi connectivity index (χ3n) is 3.14. The van der Waals surface area contributed by atoms with E-state index in [-0.39, 0.29) is 0 Å². The fraction of sp³-hybridized carbons (Fsp3) is 0.385. The van der Waals surface area contributed by atoms with Gasteiger partial charge in [0.05, 0.1) is 24.2 Å². The van der Waals surface area contributed by atoms with E-state index >= 15 is 0 Å². The molecule has 0 bridgehead atoms. The van der Waals surface area contributed by atoms with Gasteiger partial charge in [-0.2, -0.15) is 0 Å². The first-order valence-electron chi connectivity index (χ1n) is 6.34. The number of thiophene rings is 1. The second kappa shape index (κ2) is 5.74. The number of aromatic nitrogens is 1. The van der Waals surface area contributed by atoms with Gasteiger partial charge in [0, 0.05) is 13.1 Å². The van der Waals surface area contributed by atoms with Crippen LogP contribution < -0.4 is 5.73 Å². The van der Waals surface area contributed by atoms with Gasteiger partial charge in [0.15, 0.2) is 5.76 Å². The van der Waals surface area contributed by atoms with Crippen molar-refractivity contribution >= 4 is 17.2 Å². The third-order valence-corrected chi connectivity index (χ3v) is 4.03. The fourth-order valence-electron chi connectivity index (χ4n) is 2.13. The summed E-state index contributed by atoms with van der Waals surface area (Å²) in [5.41, 5.74) is 5.26. The topological polar surface area (TPSA) is 81.6 Å². The maximum absolute atomic E-state index is 11.1. The molecule has 1 fully saturated rings. The van der Waals surface area contributed by atoms with Crippen molar-refractivity contribution in [3.63, 3.8) is 0 Å². The van der Waals surface area contributed by atoms with Crippen molar-refractivity contribution in [2.24, 2.45) is 5.73 Å². The van der Waals surface area contributed by atoms with Crippen LogP contribution >= 0.6 is 11.3 Å². The molecule has 1 amide bonds. The first-order valence-corrected chi connectivity index (χ1v) is 7.22. The van der Waals surface area contributed by atoms with Crippen molar-refractivity contribution in [2.45, 2.75) is 12.6 Å². The molecule has 106 valence electrons. The molecule has 2 aromatic rings. The SMILES string of the molecule is NC(=O)C1CN(Cc2ncc(-c3cccs3)o2)CCO1. The highest BCUT2D eigenvalue weighted by molar-refractivity contribution is 7.13. The van der Waals surface area contributed by atoms with E-state index < -0.39 is 12.0 Å². The molecule has 0 radical (unpaired) electrons. The van der Waals surface area contributed by atoms with Crippen molar-refractivity contribution in [3.05, 3.63) is 29.6 Å². The number of carbonyl (C=O) groups is 1. The average Bonchev–Trinajstić information content (AvgIpc) is 3.09. The van der Waals surface area contributed by atoms with E-state index in [0.717, 1.165) is 17.2 Å². The number of nitrogens with zero attached hydrogens (tertiary/aromatic N) is 2. The molecule has 0 spiro atoms. The zero-order chi connectivity index (χ0) is 13.9. The normalized spacial score (nSPS) is 20.1. The summed E-state index contributed by atoms with van der Waals surface area (Å²) in [5.74, 6) is 0.981. The van der Waals surface area contributed by atoms with E-state index in [1.54, 1.807) is 17.5 Å². The minimum Gasteiger partial charge on any atom is -0.438 e. The molecule has 1 unspecified atom stereocenters. The Morgan fingerprint density at radius 3 is 3.25 bits per heavy atom. The summed E-state index contributed by atoms with van der Waals surface area (Å²) in [5, 5.41) is 2.00. The number of amides is 1. The molecule has 1 aliphatic heterocycles. The number of carbonyl (C=O) groups excluding carboxylic acids is 1. The highest BCUT2D eigenvalue weighted by Crippen LogP contribution is 2.25. The van der Waals surface area contributed by atoms with Gasteiger partial charge in [-0.15, -0.1) is 11.3 Å². The van der Waals surface area contributed by atoms with Gasteiger partial charge >= 0.3 is 0 Å². The minimum atomic E-state index is -0.546. The Hall–Kier alpha value is -1.70. The van der Waals surface area contributed by atoms with E-state index in [2.05, 4.69) is 9.88 Å². The molecule has 2 aromatic heterocycles. The zero-order valence-corrected chi connectivity index (χ0v) is 11.6. The highest BCUT2D eigenvalue weighted by atomic mass is 32.1. The smallest absolute Gasteiger partial charge is 0.247 e. The molecule has 0 aromatic carbocycles. The van der Waals surface area contributed by atoms with Gasteiger partial charge in [-0.3, -0.25) is 9.69 Å². The van der Waals surface area contributed by atoms with Gasteiger partial charge in [0.25, 0.3) is 0 Å². The van der Waals surface area contributed by atoms with Crippen molar-refractivity contribution in [3.8, 4) is 10.6 Å². The predicted octanol–water partition coefficient (Wildman–Crippen LogP) is 1.09. The summed E-state index contributed by atoms with van der Waals surface area (Å²) < 4.78 is 11.0. The standard InChI is InChI=1S/C13H15N3O3S/c14-13(17)10-7-16(3-4-18-10)8-12-15-6-9(19-12)11-2-1-5-20-11/h1-2,5-6,10H,3-4,7-8H2,(H2,14,17). The monoisotopic (exact) mass is 293 g/mol. The van der Waals surface area contributed by atoms with E-state index in [1.807, 2.05) is 17.5 Å². The first-order chi connectivity index (χ1) is 9.72. The lowest BCUT2D eigenvalue weighted by Crippen LogP contribution is -2.47. The summed E-state index contributed by atoms with van der Waals surface area (Å²) in [4.78, 5) is 18.5. The Kier molecular flexibility index (Phi) is 3.81. The molecule has 3 rings (SSSR count). The predicted molar refractivity (Wildman–Crippen MR) is 74.0 cm³/mol. The van der Waals surface area contributed by atoms with Gasteiger partial charge in [-0.25, -0.2) is 4.98 Å². The summed E-state index contributed by atoms with van der Waals surface area (Å²) in [6, 6.07) is 3.97. The largest absolute Gasteiger partial charge is 0.438 e. The van der Waals surface area contributed by atoms with Crippen LogP contribution in [0.5, 0.6) is 0 Å². The van der Waals surface area contributed by atoms with Crippen LogP contribution in [0.4, 0.5) is 0 Å². The lowest BCUT2D eigenvalue weighted by atomic mass is 10.2. The van der Waals surface area contributed by atoms with Gasteiger partial charge in [-0.1, -0.05) is 6.07 Å². The van der Waals surface area contributed by atoms with Gasteiger partial charge in [0.2, 0.25) is 11.8 Å². The molecule has 2 N–H and O–H groups in total. The zero-order valence-electron chi connectivity index (χ0n) is 10.8. The fourth-order valence-corrected chi connectivity index (χ4v) is 2.80. The molecular formula is C13H15N3O3S. The quantitative estimate of drug-likeness (QED) is 0.912. The maximum atomic E-state index is 11.1. The Labute approximate surface area is 120 Å². The molecule has 20 heavy (non-hydrogen) atoms. The van der Waals surface area contributed by atoms with Gasteiger partial charge in [-0.05, 0) is 11.4 Å². The van der Waals surface area contributed by atoms with Crippen molar-refractivity contribution in [2.75, 3.05) is 19.7 Å². The number of ether oxygens (including phenoxy) is 1. The molecular weight excluding hydrogens is 278 g/mol. The molecule has 0 aliphatic carbocycles. The van der Waals surface area contributed by atoms with Crippen LogP contribution in [0.3, 0.4) is 0 Å². The number of primary amides is 1. The first kappa shape index (κ1) is 13.3. The van der Waals surface area contributed by atoms with Crippen LogP contribution in [0.1, 0.15) is 5.89 Å². The Morgan fingerprint density at radius 2 is 2.50 bits per heavy atom. The van der Waals surface area contributed by atoms with E-state index in [0.29, 0.717) is 25.6 Å². The van der Waals surface area contributed by atoms with E-state index in [9.17, 15) is 4.79 Å². The van der Waals surface area contributed by atoms with Crippen LogP contribution in [0.25, 0.3) is 10.6 Å². The van der Waals surface area contributed by atoms with E-state index in [1.165, 1.54) is 0 Å². The Bertz CT molecular complexity index is 581. The molecule has 1 aliphatic rings. The summed E-state index contributed by atoms with van der Waals surface area (Å²) in [7, 11) is 0. The molecule has 1 atom stereocenters. The van der Waals surface area contributed by atoms with Gasteiger partial charge in [0.1, 0.15) is 6.10 Å². The lowest BCUT2D eigenvalue weighted by molar-refractivity contribution is -0.135. The van der Waals surface area contributed by atoms with Crippen LogP contribution in [0.2, 0.25) is 0 Å². The number of hydrogen-bond acceptors (Lipinski definition) is 6. The Balaban J connectivity index is 1.64. The van der Waals surface area contributed by atoms with Gasteiger partial charge < -0.3 is 14.9 Å². The van der Waals surface area contributed by atoms with Crippen LogP contribution in [0.15, 0.2) is 28.1 Å². The molecule has 3 heterocycles. The minimum absolute atomic E-state index is 0.429. The summed E-state index contributed by atoms with van der Waals surface area (Å²) in [6.45, 7) is 2.26. The van der Waals surface area contributed by atoms with Crippen LogP contribution in [0, 0.1) is 0 Å². The van der Waals surface area contributed by atoms with E-state index in [4.69, 9.17) is 14.9 Å². The number of oxazole rings is 1. The number of nitrogens with two attached hydrogens (primary N) is 1. The van der Waals surface area contributed by atoms with Crippen molar-refractivity contribution < 1.29 is 13.9 Å². The summed E-state index contributed by atoms with van der Waals surface area (Å²) >= 11 is 1.61.